The van der Waals surface area contributed by atoms with Gasteiger partial charge in [-0.1, -0.05) is 36.4 Å². The summed E-state index contributed by atoms with van der Waals surface area (Å²) in [5, 5.41) is 20.2. The second kappa shape index (κ2) is 7.68. The predicted molar refractivity (Wildman–Crippen MR) is 144 cm³/mol. The van der Waals surface area contributed by atoms with Crippen molar-refractivity contribution in [1.29, 1.82) is 0 Å². The van der Waals surface area contributed by atoms with Crippen molar-refractivity contribution >= 4 is 60.5 Å². The van der Waals surface area contributed by atoms with Crippen LogP contribution in [0.4, 0.5) is 4.79 Å². The Labute approximate surface area is 207 Å². The lowest BCUT2D eigenvalue weighted by Crippen LogP contribution is -2.34. The van der Waals surface area contributed by atoms with Gasteiger partial charge in [0.1, 0.15) is 6.10 Å². The Morgan fingerprint density at radius 3 is 2.14 bits per heavy atom. The van der Waals surface area contributed by atoms with Crippen LogP contribution >= 0.6 is 0 Å². The molecular formula is C29H28N4O3. The van der Waals surface area contributed by atoms with E-state index in [1.54, 1.807) is 0 Å². The Morgan fingerprint density at radius 2 is 1.50 bits per heavy atom. The van der Waals surface area contributed by atoms with Gasteiger partial charge in [0.2, 0.25) is 0 Å². The van der Waals surface area contributed by atoms with E-state index in [4.69, 9.17) is 4.74 Å². The summed E-state index contributed by atoms with van der Waals surface area (Å²) >= 11 is 0. The largest absolute Gasteiger partial charge is 0.494 e. The number of hydrogen-bond acceptors (Lipinski definition) is 3. The van der Waals surface area contributed by atoms with Gasteiger partial charge >= 0.3 is 6.09 Å². The molecule has 1 unspecified atom stereocenters. The van der Waals surface area contributed by atoms with E-state index < -0.39 is 0 Å². The van der Waals surface area contributed by atoms with Crippen molar-refractivity contribution in [2.45, 2.75) is 51.9 Å². The highest BCUT2D eigenvalue weighted by molar-refractivity contribution is 6.36. The fourth-order valence-electron chi connectivity index (χ4n) is 6.18. The lowest BCUT2D eigenvalue weighted by Gasteiger charge is -2.19. The number of ether oxygens (including phenoxy) is 1. The quantitative estimate of drug-likeness (QED) is 0.269. The Kier molecular flexibility index (Phi) is 4.52. The van der Waals surface area contributed by atoms with Crippen LogP contribution < -0.4 is 5.32 Å². The van der Waals surface area contributed by atoms with Gasteiger partial charge in [-0.05, 0) is 26.0 Å². The number of nitrogens with zero attached hydrogens (tertiary/aromatic N) is 2. The zero-order chi connectivity index (χ0) is 24.6. The minimum absolute atomic E-state index is 0.0234. The minimum Gasteiger partial charge on any atom is -0.494 e. The van der Waals surface area contributed by atoms with E-state index in [1.165, 1.54) is 5.52 Å². The molecule has 7 nitrogen and oxygen atoms in total. The summed E-state index contributed by atoms with van der Waals surface area (Å²) in [6.45, 7) is 5.30. The van der Waals surface area contributed by atoms with Crippen LogP contribution in [0.25, 0.3) is 54.4 Å². The molecule has 36 heavy (non-hydrogen) atoms. The van der Waals surface area contributed by atoms with Crippen LogP contribution in [0.2, 0.25) is 0 Å². The van der Waals surface area contributed by atoms with Crippen molar-refractivity contribution < 1.29 is 14.6 Å². The topological polar surface area (TPSA) is 84.2 Å². The van der Waals surface area contributed by atoms with Crippen LogP contribution in [0.5, 0.6) is 5.88 Å². The van der Waals surface area contributed by atoms with Gasteiger partial charge in [-0.25, -0.2) is 4.79 Å². The predicted octanol–water partition coefficient (Wildman–Crippen LogP) is 6.39. The first-order valence-corrected chi connectivity index (χ1v) is 12.6. The molecule has 3 N–H and O–H groups in total. The van der Waals surface area contributed by atoms with Gasteiger partial charge in [0.05, 0.1) is 16.4 Å². The van der Waals surface area contributed by atoms with Crippen molar-refractivity contribution in [3.63, 3.8) is 0 Å². The third kappa shape index (κ3) is 2.89. The maximum atomic E-state index is 12.5. The molecule has 0 bridgehead atoms. The number of aromatic amines is 1. The molecule has 1 aliphatic rings. The molecule has 1 aliphatic heterocycles. The van der Waals surface area contributed by atoms with Gasteiger partial charge in [-0.3, -0.25) is 0 Å². The van der Waals surface area contributed by atoms with E-state index in [0.29, 0.717) is 13.0 Å². The van der Waals surface area contributed by atoms with Gasteiger partial charge in [-0.2, -0.15) is 0 Å². The van der Waals surface area contributed by atoms with Gasteiger partial charge in [0, 0.05) is 76.1 Å². The molecule has 0 aliphatic carbocycles. The van der Waals surface area contributed by atoms with Gasteiger partial charge < -0.3 is 29.3 Å². The van der Waals surface area contributed by atoms with Crippen molar-refractivity contribution in [2.75, 3.05) is 0 Å². The van der Waals surface area contributed by atoms with Crippen LogP contribution in [-0.4, -0.2) is 37.5 Å². The first kappa shape index (κ1) is 21.2. The molecule has 1 atom stereocenters. The first-order valence-electron chi connectivity index (χ1n) is 12.6. The molecule has 3 aromatic carbocycles. The van der Waals surface area contributed by atoms with Crippen molar-refractivity contribution in [2.24, 2.45) is 0 Å². The molecule has 3 aromatic heterocycles. The summed E-state index contributed by atoms with van der Waals surface area (Å²) in [7, 11) is 0. The summed E-state index contributed by atoms with van der Waals surface area (Å²) in [6, 6.07) is 16.9. The number of carbonyl (C=O) groups excluding carboxylic acids is 1. The smallest absolute Gasteiger partial charge is 0.407 e. The maximum absolute atomic E-state index is 12.5. The molecule has 7 rings (SSSR count). The van der Waals surface area contributed by atoms with Gasteiger partial charge in [0.15, 0.2) is 5.88 Å². The first-order chi connectivity index (χ1) is 17.5. The highest BCUT2D eigenvalue weighted by atomic mass is 16.6. The zero-order valence-electron chi connectivity index (χ0n) is 20.3. The minimum atomic E-state index is -0.365. The third-order valence-corrected chi connectivity index (χ3v) is 7.57. The molecule has 0 saturated heterocycles. The average Bonchev–Trinajstić information content (AvgIpc) is 3.51. The number of rotatable bonds is 2. The van der Waals surface area contributed by atoms with Crippen LogP contribution in [0.3, 0.4) is 0 Å². The van der Waals surface area contributed by atoms with E-state index in [-0.39, 0.29) is 24.1 Å². The van der Waals surface area contributed by atoms with E-state index in [9.17, 15) is 9.90 Å². The molecule has 182 valence electrons. The van der Waals surface area contributed by atoms with Crippen molar-refractivity contribution in [1.82, 2.24) is 19.4 Å². The number of aryl methyl sites for hydroxylation is 2. The monoisotopic (exact) mass is 480 g/mol. The van der Waals surface area contributed by atoms with E-state index in [1.807, 2.05) is 20.0 Å². The molecule has 1 amide bonds. The number of hydrogen-bond donors (Lipinski definition) is 3. The van der Waals surface area contributed by atoms with E-state index in [0.717, 1.165) is 61.8 Å². The lowest BCUT2D eigenvalue weighted by molar-refractivity contribution is 0.0815. The third-order valence-electron chi connectivity index (χ3n) is 7.57. The molecule has 7 heteroatoms. The van der Waals surface area contributed by atoms with Gasteiger partial charge in [0.25, 0.3) is 0 Å². The van der Waals surface area contributed by atoms with Crippen LogP contribution in [0.15, 0.2) is 54.7 Å². The zero-order valence-corrected chi connectivity index (χ0v) is 20.3. The number of aromatic hydroxyl groups is 1. The van der Waals surface area contributed by atoms with Crippen molar-refractivity contribution in [3.05, 3.63) is 54.7 Å². The number of H-pyrrole nitrogens is 1. The number of amides is 1. The summed E-state index contributed by atoms with van der Waals surface area (Å²) in [6.07, 6.45) is 2.78. The highest BCUT2D eigenvalue weighted by Gasteiger charge is 2.27. The number of aromatic nitrogens is 3. The highest BCUT2D eigenvalue weighted by Crippen LogP contribution is 2.47. The molecular weight excluding hydrogens is 452 g/mol. The van der Waals surface area contributed by atoms with E-state index in [2.05, 4.69) is 68.0 Å². The molecule has 4 heterocycles. The normalized spacial score (nSPS) is 16.4. The summed E-state index contributed by atoms with van der Waals surface area (Å²) < 4.78 is 10.7. The Hall–Kier alpha value is -4.13. The number of para-hydroxylation sites is 2. The SMILES string of the molecule is CC(C)NC(=O)OC1CCn2c3ccccc3c3c4c[nH]c(O)c4c4c5ccccc5n(c4c32)CC1. The summed E-state index contributed by atoms with van der Waals surface area (Å²) in [5.41, 5.74) is 4.55. The molecule has 6 aromatic rings. The number of carbonyl (C=O) groups is 1. The van der Waals surface area contributed by atoms with Gasteiger partial charge in [-0.15, -0.1) is 0 Å². The number of benzene rings is 3. The Morgan fingerprint density at radius 1 is 0.917 bits per heavy atom. The molecule has 0 spiro atoms. The number of alkyl carbamates (subject to hydrolysis) is 1. The van der Waals surface area contributed by atoms with Crippen LogP contribution in [0, 0.1) is 0 Å². The lowest BCUT2D eigenvalue weighted by atomic mass is 10.0. The number of fused-ring (bicyclic) bond motifs is 9. The van der Waals surface area contributed by atoms with Crippen LogP contribution in [0.1, 0.15) is 26.7 Å². The second-order valence-corrected chi connectivity index (χ2v) is 10.1. The summed E-state index contributed by atoms with van der Waals surface area (Å²) in [4.78, 5) is 15.6. The fraction of sp³-hybridized carbons (Fsp3) is 0.276. The van der Waals surface area contributed by atoms with E-state index >= 15 is 0 Å². The maximum Gasteiger partial charge on any atom is 0.407 e. The van der Waals surface area contributed by atoms with Crippen molar-refractivity contribution in [3.8, 4) is 5.88 Å². The Bertz CT molecular complexity index is 1820. The molecule has 0 saturated carbocycles. The molecule has 0 radical (unpaired) electrons. The fourth-order valence-corrected chi connectivity index (χ4v) is 6.18. The second-order valence-electron chi connectivity index (χ2n) is 10.1. The summed E-state index contributed by atoms with van der Waals surface area (Å²) in [5.74, 6) is 0.193. The average molecular weight is 481 g/mol. The number of nitrogens with one attached hydrogen (secondary N) is 2. The molecule has 0 fully saturated rings. The standard InChI is InChI=1S/C29H28N4O3/c1-16(2)31-29(35)36-17-11-13-32-21-9-5-3-7-18(21)23-20-15-30-28(34)25(20)24-19-8-4-6-10-22(19)33(14-12-17)27(24)26(23)32/h3-10,15-17,30,34H,11-14H2,1-2H3,(H,31,35). The Balaban J connectivity index is 1.58. The van der Waals surface area contributed by atoms with Crippen LogP contribution in [-0.2, 0) is 17.8 Å².